The first-order valence-corrected chi connectivity index (χ1v) is 10.1. The first-order valence-electron chi connectivity index (χ1n) is 8.68. The number of carbonyl (C=O) groups excluding carboxylic acids is 2. The predicted octanol–water partition coefficient (Wildman–Crippen LogP) is 3.69. The smallest absolute Gasteiger partial charge is 0.468 e. The number of rotatable bonds is 10. The second-order valence-electron chi connectivity index (χ2n) is 6.46. The quantitative estimate of drug-likeness (QED) is 0.105. The van der Waals surface area contributed by atoms with E-state index in [2.05, 4.69) is 20.8 Å². The molecule has 1 unspecified atom stereocenters. The largest absolute Gasteiger partial charge is 0.743 e. The molecule has 1 rings (SSSR count). The second kappa shape index (κ2) is 10.2. The molecule has 0 aliphatic rings. The second-order valence-corrected chi connectivity index (χ2v) is 7.88. The third-order valence-electron chi connectivity index (χ3n) is 3.88. The lowest BCUT2D eigenvalue weighted by molar-refractivity contribution is -0.355. The zero-order valence-electron chi connectivity index (χ0n) is 17.0. The number of esters is 2. The zero-order valence-corrected chi connectivity index (χ0v) is 17.8. The molecule has 0 N–H and O–H groups in total. The lowest BCUT2D eigenvalue weighted by Crippen LogP contribution is -2.60. The third-order valence-corrected chi connectivity index (χ3v) is 4.81. The van der Waals surface area contributed by atoms with Crippen molar-refractivity contribution in [1.82, 2.24) is 0 Å². The van der Waals surface area contributed by atoms with E-state index in [1.165, 1.54) is 6.07 Å². The van der Waals surface area contributed by atoms with Crippen LogP contribution in [0.25, 0.3) is 0 Å². The monoisotopic (exact) mass is 565 g/mol. The van der Waals surface area contributed by atoms with Gasteiger partial charge in [-0.3, -0.25) is 0 Å². The van der Waals surface area contributed by atoms with E-state index in [1.807, 2.05) is 0 Å². The molecular weight excluding hydrogens is 554 g/mol. The normalized spacial score (nSPS) is 15.1. The van der Waals surface area contributed by atoms with Gasteiger partial charge >= 0.3 is 41.3 Å². The van der Waals surface area contributed by atoms with Crippen LogP contribution in [0.15, 0.2) is 42.5 Å². The van der Waals surface area contributed by atoms with Crippen LogP contribution in [0.5, 0.6) is 5.75 Å². The van der Waals surface area contributed by atoms with Crippen LogP contribution >= 0.6 is 0 Å². The number of para-hydroxylation sites is 1. The maximum absolute atomic E-state index is 13.8. The van der Waals surface area contributed by atoms with Crippen molar-refractivity contribution in [2.24, 2.45) is 0 Å². The lowest BCUT2D eigenvalue weighted by atomic mass is 10.2. The van der Waals surface area contributed by atoms with E-state index in [0.29, 0.717) is 0 Å². The molecular formula is C17H11F10O8S-. The Morgan fingerprint density at radius 3 is 1.83 bits per heavy atom. The molecule has 0 fully saturated rings. The highest BCUT2D eigenvalue weighted by atomic mass is 32.2. The Bertz CT molecular complexity index is 1080. The average molecular weight is 565 g/mol. The lowest BCUT2D eigenvalue weighted by Gasteiger charge is -2.33. The van der Waals surface area contributed by atoms with E-state index in [9.17, 15) is 66.5 Å². The van der Waals surface area contributed by atoms with Gasteiger partial charge < -0.3 is 18.8 Å². The molecule has 0 spiro atoms. The maximum atomic E-state index is 13.8. The molecule has 0 bridgehead atoms. The van der Waals surface area contributed by atoms with Gasteiger partial charge in [-0.15, -0.1) is 0 Å². The minimum absolute atomic E-state index is 0.764. The van der Waals surface area contributed by atoms with Gasteiger partial charge in [0.25, 0.3) is 0 Å². The summed E-state index contributed by atoms with van der Waals surface area (Å²) >= 11 is 0. The minimum atomic E-state index is -7.08. The van der Waals surface area contributed by atoms with Gasteiger partial charge in [-0.1, -0.05) is 24.8 Å². The van der Waals surface area contributed by atoms with Gasteiger partial charge in [0.15, 0.2) is 10.1 Å². The standard InChI is InChI=1S/C17H12F10O8S/c1-9(15(20,21)22)11(28)35-14(16(23,24)25,12(29)34-10-5-3-2-4-6-10)33-8-7-13(18,19)17(26,27)36(30,31)32/h2-6H,1,7-8H2,(H,30,31,32)/p-1. The number of ether oxygens (including phenoxy) is 3. The van der Waals surface area contributed by atoms with Gasteiger partial charge in [-0.05, 0) is 12.1 Å². The molecule has 8 nitrogen and oxygen atoms in total. The molecule has 0 aliphatic carbocycles. The highest BCUT2D eigenvalue weighted by molar-refractivity contribution is 7.86. The average Bonchev–Trinajstić information content (AvgIpc) is 2.70. The Hall–Kier alpha value is -2.93. The van der Waals surface area contributed by atoms with E-state index in [0.717, 1.165) is 24.3 Å². The molecule has 1 aromatic carbocycles. The zero-order chi connectivity index (χ0) is 28.4. The summed E-state index contributed by atoms with van der Waals surface area (Å²) in [7, 11) is -7.08. The van der Waals surface area contributed by atoms with Crippen molar-refractivity contribution in [2.45, 2.75) is 35.7 Å². The van der Waals surface area contributed by atoms with Gasteiger partial charge in [0.2, 0.25) is 0 Å². The summed E-state index contributed by atoms with van der Waals surface area (Å²) in [4.78, 5) is 23.9. The van der Waals surface area contributed by atoms with Crippen molar-refractivity contribution in [1.29, 1.82) is 0 Å². The Morgan fingerprint density at radius 2 is 1.42 bits per heavy atom. The van der Waals surface area contributed by atoms with Gasteiger partial charge in [0, 0.05) is 6.42 Å². The maximum Gasteiger partial charge on any atom is 0.468 e. The van der Waals surface area contributed by atoms with Crippen LogP contribution < -0.4 is 4.74 Å². The molecule has 0 amide bonds. The van der Waals surface area contributed by atoms with Crippen molar-refractivity contribution in [2.75, 3.05) is 6.61 Å². The van der Waals surface area contributed by atoms with E-state index in [-0.39, 0.29) is 0 Å². The fourth-order valence-electron chi connectivity index (χ4n) is 2.01. The van der Waals surface area contributed by atoms with E-state index >= 15 is 0 Å². The summed E-state index contributed by atoms with van der Waals surface area (Å²) in [6.45, 7) is -0.318. The molecule has 0 heterocycles. The topological polar surface area (TPSA) is 119 Å². The number of alkyl halides is 10. The van der Waals surface area contributed by atoms with Crippen molar-refractivity contribution >= 4 is 22.1 Å². The number of carbonyl (C=O) groups is 2. The van der Waals surface area contributed by atoms with Gasteiger partial charge in [0.05, 0.1) is 6.61 Å². The van der Waals surface area contributed by atoms with Crippen molar-refractivity contribution < 1.29 is 80.7 Å². The van der Waals surface area contributed by atoms with Crippen LogP contribution in [0.2, 0.25) is 0 Å². The molecule has 19 heteroatoms. The first kappa shape index (κ1) is 31.1. The van der Waals surface area contributed by atoms with Gasteiger partial charge in [-0.25, -0.2) is 18.0 Å². The molecule has 0 aliphatic heterocycles. The molecule has 36 heavy (non-hydrogen) atoms. The van der Waals surface area contributed by atoms with Crippen LogP contribution in [-0.2, 0) is 29.2 Å². The first-order chi connectivity index (χ1) is 16.0. The molecule has 1 atom stereocenters. The van der Waals surface area contributed by atoms with Crippen LogP contribution in [0.1, 0.15) is 6.42 Å². The van der Waals surface area contributed by atoms with E-state index in [1.54, 1.807) is 0 Å². The summed E-state index contributed by atoms with van der Waals surface area (Å²) in [6, 6.07) is 5.02. The molecule has 0 radical (unpaired) electrons. The van der Waals surface area contributed by atoms with Gasteiger partial charge in [-0.2, -0.15) is 43.9 Å². The Labute approximate surface area is 194 Å². The van der Waals surface area contributed by atoms with Crippen LogP contribution in [-0.4, -0.2) is 60.8 Å². The summed E-state index contributed by atoms with van der Waals surface area (Å²) in [5.41, 5.74) is -2.64. The molecule has 0 aromatic heterocycles. The van der Waals surface area contributed by atoms with Gasteiger partial charge in [0.1, 0.15) is 11.3 Å². The third kappa shape index (κ3) is 6.64. The molecule has 204 valence electrons. The number of halogens is 10. The number of benzene rings is 1. The Kier molecular flexibility index (Phi) is 8.82. The van der Waals surface area contributed by atoms with Crippen molar-refractivity contribution in [3.63, 3.8) is 0 Å². The molecule has 1 aromatic rings. The minimum Gasteiger partial charge on any atom is -0.743 e. The highest BCUT2D eigenvalue weighted by Crippen LogP contribution is 2.43. The Morgan fingerprint density at radius 1 is 0.917 bits per heavy atom. The summed E-state index contributed by atoms with van der Waals surface area (Å²) in [5, 5.41) is -6.39. The van der Waals surface area contributed by atoms with E-state index < -0.39 is 75.7 Å². The summed E-state index contributed by atoms with van der Waals surface area (Å²) in [5.74, 6) is -17.9. The number of hydrogen-bond acceptors (Lipinski definition) is 8. The highest BCUT2D eigenvalue weighted by Gasteiger charge is 2.69. The molecule has 0 saturated carbocycles. The van der Waals surface area contributed by atoms with Crippen LogP contribution in [0, 0.1) is 0 Å². The summed E-state index contributed by atoms with van der Waals surface area (Å²) in [6.07, 6.45) is -14.9. The number of hydrogen-bond donors (Lipinski definition) is 0. The Balaban J connectivity index is 3.46. The summed E-state index contributed by atoms with van der Waals surface area (Å²) < 4.78 is 176. The SMILES string of the molecule is C=C(C(=O)OC(OCCC(F)(F)C(F)(F)S(=O)(=O)[O-])(C(=O)Oc1ccccc1)C(F)(F)F)C(F)(F)F. The fraction of sp³-hybridized carbons (Fsp3) is 0.412. The van der Waals surface area contributed by atoms with Crippen LogP contribution in [0.4, 0.5) is 43.9 Å². The van der Waals surface area contributed by atoms with E-state index in [4.69, 9.17) is 0 Å². The van der Waals surface area contributed by atoms with Crippen molar-refractivity contribution in [3.05, 3.63) is 42.5 Å². The fourth-order valence-corrected chi connectivity index (χ4v) is 2.48. The molecule has 0 saturated heterocycles. The van der Waals surface area contributed by atoms with Crippen molar-refractivity contribution in [3.8, 4) is 5.75 Å². The van der Waals surface area contributed by atoms with Crippen LogP contribution in [0.3, 0.4) is 0 Å². The predicted molar refractivity (Wildman–Crippen MR) is 92.3 cm³/mol.